The van der Waals surface area contributed by atoms with Gasteiger partial charge in [0.25, 0.3) is 0 Å². The topological polar surface area (TPSA) is 72.5 Å². The molecule has 2 rings (SSSR count). The van der Waals surface area contributed by atoms with Crippen LogP contribution in [0.1, 0.15) is 38.2 Å². The van der Waals surface area contributed by atoms with Gasteiger partial charge in [-0.3, -0.25) is 4.79 Å². The number of hydrogen-bond donors (Lipinski definition) is 1. The minimum Gasteiger partial charge on any atom is -0.492 e. The van der Waals surface area contributed by atoms with Crippen LogP contribution in [0.3, 0.4) is 0 Å². The molecular formula is C17H25NO4S. The summed E-state index contributed by atoms with van der Waals surface area (Å²) in [6.45, 7) is 4.05. The van der Waals surface area contributed by atoms with Crippen molar-refractivity contribution in [1.29, 1.82) is 0 Å². The van der Waals surface area contributed by atoms with Crippen molar-refractivity contribution in [1.82, 2.24) is 5.32 Å². The van der Waals surface area contributed by atoms with E-state index in [-0.39, 0.29) is 11.8 Å². The first kappa shape index (κ1) is 17.8. The van der Waals surface area contributed by atoms with Crippen molar-refractivity contribution in [2.75, 3.05) is 13.2 Å². The SMILES string of the molecule is Cc1cccc(OCCNC(=O)[C@@H](C)S(=O)(=O)C2CCCC2)c1. The molecule has 1 saturated carbocycles. The molecule has 0 aromatic heterocycles. The van der Waals surface area contributed by atoms with E-state index in [1.54, 1.807) is 0 Å². The second-order valence-corrected chi connectivity index (χ2v) is 8.65. The first-order chi connectivity index (χ1) is 10.9. The Kier molecular flexibility index (Phi) is 6.04. The van der Waals surface area contributed by atoms with E-state index in [9.17, 15) is 13.2 Å². The van der Waals surface area contributed by atoms with Crippen molar-refractivity contribution in [3.8, 4) is 5.75 Å². The van der Waals surface area contributed by atoms with Crippen LogP contribution in [-0.4, -0.2) is 38.0 Å². The molecule has 23 heavy (non-hydrogen) atoms. The molecule has 1 aliphatic rings. The van der Waals surface area contributed by atoms with Crippen LogP contribution in [0.2, 0.25) is 0 Å². The summed E-state index contributed by atoms with van der Waals surface area (Å²) >= 11 is 0. The number of carbonyl (C=O) groups excluding carboxylic acids is 1. The molecule has 1 aliphatic carbocycles. The lowest BCUT2D eigenvalue weighted by atomic mass is 10.2. The molecular weight excluding hydrogens is 314 g/mol. The van der Waals surface area contributed by atoms with Gasteiger partial charge in [0.15, 0.2) is 9.84 Å². The van der Waals surface area contributed by atoms with E-state index in [1.165, 1.54) is 6.92 Å². The van der Waals surface area contributed by atoms with E-state index in [0.29, 0.717) is 19.4 Å². The molecule has 6 heteroatoms. The quantitative estimate of drug-likeness (QED) is 0.773. The summed E-state index contributed by atoms with van der Waals surface area (Å²) in [5, 5.41) is 1.30. The average molecular weight is 339 g/mol. The van der Waals surface area contributed by atoms with Gasteiger partial charge in [-0.05, 0) is 44.4 Å². The Labute approximate surface area is 138 Å². The Balaban J connectivity index is 1.78. The molecule has 1 amide bonds. The predicted octanol–water partition coefficient (Wildman–Crippen LogP) is 2.24. The highest BCUT2D eigenvalue weighted by molar-refractivity contribution is 7.93. The zero-order chi connectivity index (χ0) is 16.9. The first-order valence-electron chi connectivity index (χ1n) is 8.11. The van der Waals surface area contributed by atoms with Gasteiger partial charge in [0.1, 0.15) is 17.6 Å². The Morgan fingerprint density at radius 1 is 1.35 bits per heavy atom. The van der Waals surface area contributed by atoms with Crippen LogP contribution in [-0.2, 0) is 14.6 Å². The number of amides is 1. The second-order valence-electron chi connectivity index (χ2n) is 6.09. The zero-order valence-electron chi connectivity index (χ0n) is 13.7. The van der Waals surface area contributed by atoms with E-state index in [0.717, 1.165) is 24.2 Å². The smallest absolute Gasteiger partial charge is 0.238 e. The van der Waals surface area contributed by atoms with Crippen LogP contribution in [0.25, 0.3) is 0 Å². The summed E-state index contributed by atoms with van der Waals surface area (Å²) < 4.78 is 30.3. The number of ether oxygens (including phenoxy) is 1. The maximum atomic E-state index is 12.4. The van der Waals surface area contributed by atoms with Gasteiger partial charge >= 0.3 is 0 Å². The second kappa shape index (κ2) is 7.81. The van der Waals surface area contributed by atoms with Crippen LogP contribution in [0.15, 0.2) is 24.3 Å². The predicted molar refractivity (Wildman–Crippen MR) is 90.3 cm³/mol. The summed E-state index contributed by atoms with van der Waals surface area (Å²) in [5.41, 5.74) is 1.10. The number of nitrogens with one attached hydrogen (secondary N) is 1. The number of aryl methyl sites for hydroxylation is 1. The van der Waals surface area contributed by atoms with Gasteiger partial charge in [-0.25, -0.2) is 8.42 Å². The fourth-order valence-corrected chi connectivity index (χ4v) is 4.80. The minimum atomic E-state index is -3.39. The summed E-state index contributed by atoms with van der Waals surface area (Å²) in [4.78, 5) is 12.1. The molecule has 5 nitrogen and oxygen atoms in total. The van der Waals surface area contributed by atoms with Gasteiger partial charge in [0.05, 0.1) is 11.8 Å². The van der Waals surface area contributed by atoms with Crippen molar-refractivity contribution in [2.45, 2.75) is 50.0 Å². The molecule has 128 valence electrons. The lowest BCUT2D eigenvalue weighted by Crippen LogP contribution is -2.42. The number of rotatable bonds is 7. The van der Waals surface area contributed by atoms with Crippen molar-refractivity contribution >= 4 is 15.7 Å². The van der Waals surface area contributed by atoms with Crippen molar-refractivity contribution in [3.05, 3.63) is 29.8 Å². The van der Waals surface area contributed by atoms with Crippen LogP contribution in [0.4, 0.5) is 0 Å². The van der Waals surface area contributed by atoms with Gasteiger partial charge in [-0.2, -0.15) is 0 Å². The highest BCUT2D eigenvalue weighted by Gasteiger charge is 2.36. The normalized spacial score (nSPS) is 17.0. The summed E-state index contributed by atoms with van der Waals surface area (Å²) in [7, 11) is -3.39. The van der Waals surface area contributed by atoms with E-state index in [2.05, 4.69) is 5.32 Å². The molecule has 1 aromatic rings. The van der Waals surface area contributed by atoms with Gasteiger partial charge in [0.2, 0.25) is 5.91 Å². The Morgan fingerprint density at radius 2 is 2.04 bits per heavy atom. The van der Waals surface area contributed by atoms with Crippen LogP contribution >= 0.6 is 0 Å². The fourth-order valence-electron chi connectivity index (χ4n) is 2.85. The van der Waals surface area contributed by atoms with E-state index >= 15 is 0 Å². The van der Waals surface area contributed by atoms with E-state index in [1.807, 2.05) is 31.2 Å². The van der Waals surface area contributed by atoms with Gasteiger partial charge < -0.3 is 10.1 Å². The van der Waals surface area contributed by atoms with Crippen LogP contribution in [0.5, 0.6) is 5.75 Å². The summed E-state index contributed by atoms with van der Waals surface area (Å²) in [6, 6.07) is 7.64. The number of benzene rings is 1. The highest BCUT2D eigenvalue weighted by Crippen LogP contribution is 2.27. The summed E-state index contributed by atoms with van der Waals surface area (Å²) in [6.07, 6.45) is 3.22. The third kappa shape index (κ3) is 4.70. The number of hydrogen-bond acceptors (Lipinski definition) is 4. The lowest BCUT2D eigenvalue weighted by Gasteiger charge is -2.17. The molecule has 0 heterocycles. The van der Waals surface area contributed by atoms with Crippen molar-refractivity contribution in [2.24, 2.45) is 0 Å². The maximum Gasteiger partial charge on any atom is 0.238 e. The highest BCUT2D eigenvalue weighted by atomic mass is 32.2. The van der Waals surface area contributed by atoms with Crippen LogP contribution < -0.4 is 10.1 Å². The van der Waals surface area contributed by atoms with Gasteiger partial charge in [-0.15, -0.1) is 0 Å². The first-order valence-corrected chi connectivity index (χ1v) is 9.72. The minimum absolute atomic E-state index is 0.289. The maximum absolute atomic E-state index is 12.4. The molecule has 0 spiro atoms. The third-order valence-electron chi connectivity index (χ3n) is 4.29. The zero-order valence-corrected chi connectivity index (χ0v) is 14.6. The lowest BCUT2D eigenvalue weighted by molar-refractivity contribution is -0.120. The van der Waals surface area contributed by atoms with Gasteiger partial charge in [-0.1, -0.05) is 25.0 Å². The molecule has 0 aliphatic heterocycles. The molecule has 1 aromatic carbocycles. The Hall–Kier alpha value is -1.56. The van der Waals surface area contributed by atoms with Crippen molar-refractivity contribution in [3.63, 3.8) is 0 Å². The summed E-state index contributed by atoms with van der Waals surface area (Å²) in [5.74, 6) is 0.301. The molecule has 1 atom stereocenters. The number of carbonyl (C=O) groups is 1. The molecule has 0 saturated heterocycles. The molecule has 1 N–H and O–H groups in total. The number of sulfone groups is 1. The molecule has 1 fully saturated rings. The molecule has 0 unspecified atom stereocenters. The molecule has 0 bridgehead atoms. The third-order valence-corrected chi connectivity index (χ3v) is 6.89. The Bertz CT molecular complexity index is 636. The average Bonchev–Trinajstić information content (AvgIpc) is 3.06. The van der Waals surface area contributed by atoms with E-state index < -0.39 is 21.0 Å². The Morgan fingerprint density at radius 3 is 2.70 bits per heavy atom. The largest absolute Gasteiger partial charge is 0.492 e. The van der Waals surface area contributed by atoms with Gasteiger partial charge in [0, 0.05) is 0 Å². The fraction of sp³-hybridized carbons (Fsp3) is 0.588. The molecule has 0 radical (unpaired) electrons. The monoisotopic (exact) mass is 339 g/mol. The van der Waals surface area contributed by atoms with Crippen molar-refractivity contribution < 1.29 is 17.9 Å². The van der Waals surface area contributed by atoms with Crippen LogP contribution in [0, 0.1) is 6.92 Å². The van der Waals surface area contributed by atoms with E-state index in [4.69, 9.17) is 4.74 Å². The standard InChI is InChI=1S/C17H25NO4S/c1-13-6-5-7-15(12-13)22-11-10-18-17(19)14(2)23(20,21)16-8-3-4-9-16/h5-7,12,14,16H,3-4,8-11H2,1-2H3,(H,18,19)/t14-/m1/s1.